The number of hydrogen-bond donors (Lipinski definition) is 1. The fraction of sp³-hybridized carbons (Fsp3) is 0.588. The third kappa shape index (κ3) is 3.05. The number of rotatable bonds is 4. The van der Waals surface area contributed by atoms with Gasteiger partial charge in [-0.15, -0.1) is 0 Å². The Balaban J connectivity index is 1.80. The zero-order valence-electron chi connectivity index (χ0n) is 12.2. The summed E-state index contributed by atoms with van der Waals surface area (Å²) in [5.74, 6) is 2.40. The number of ether oxygens (including phenoxy) is 1. The Bertz CT molecular complexity index is 503. The van der Waals surface area contributed by atoms with Gasteiger partial charge >= 0.3 is 5.97 Å². The molecule has 0 radical (unpaired) electrons. The van der Waals surface area contributed by atoms with Crippen LogP contribution in [0.15, 0.2) is 24.3 Å². The second-order valence-corrected chi connectivity index (χ2v) is 7.23. The average molecular weight is 306 g/mol. The molecule has 3 nitrogen and oxygen atoms in total. The molecule has 1 aliphatic heterocycles. The van der Waals surface area contributed by atoms with E-state index >= 15 is 0 Å². The predicted octanol–water partition coefficient (Wildman–Crippen LogP) is 3.86. The molecule has 3 rings (SSSR count). The summed E-state index contributed by atoms with van der Waals surface area (Å²) in [7, 11) is 0. The highest BCUT2D eigenvalue weighted by molar-refractivity contribution is 7.99. The second-order valence-electron chi connectivity index (χ2n) is 6.08. The fourth-order valence-electron chi connectivity index (χ4n) is 3.47. The van der Waals surface area contributed by atoms with Gasteiger partial charge in [-0.2, -0.15) is 11.8 Å². The quantitative estimate of drug-likeness (QED) is 0.917. The van der Waals surface area contributed by atoms with Crippen molar-refractivity contribution in [3.8, 4) is 5.75 Å². The topological polar surface area (TPSA) is 46.5 Å². The minimum absolute atomic E-state index is 0.267. The first kappa shape index (κ1) is 14.8. The minimum atomic E-state index is -0.694. The lowest BCUT2D eigenvalue weighted by molar-refractivity contribution is -0.143. The van der Waals surface area contributed by atoms with Gasteiger partial charge in [0, 0.05) is 5.75 Å². The largest absolute Gasteiger partial charge is 0.490 e. The molecule has 1 heterocycles. The molecule has 1 atom stereocenters. The summed E-state index contributed by atoms with van der Waals surface area (Å²) in [6.45, 7) is 0. The summed E-state index contributed by atoms with van der Waals surface area (Å²) >= 11 is 1.94. The van der Waals surface area contributed by atoms with Crippen LogP contribution in [0.2, 0.25) is 0 Å². The Kier molecular flexibility index (Phi) is 4.43. The summed E-state index contributed by atoms with van der Waals surface area (Å²) < 4.78 is 6.07. The Morgan fingerprint density at radius 3 is 2.76 bits per heavy atom. The highest BCUT2D eigenvalue weighted by Gasteiger charge is 2.43. The number of carboxylic acids is 1. The lowest BCUT2D eigenvalue weighted by Gasteiger charge is -2.26. The molecule has 0 amide bonds. The molecule has 114 valence electrons. The second kappa shape index (κ2) is 6.30. The van der Waals surface area contributed by atoms with E-state index in [4.69, 9.17) is 4.74 Å². The van der Waals surface area contributed by atoms with Crippen LogP contribution in [0.3, 0.4) is 0 Å². The summed E-state index contributed by atoms with van der Waals surface area (Å²) in [4.78, 5) is 11.8. The number of carbonyl (C=O) groups is 1. The molecule has 1 unspecified atom stereocenters. The SMILES string of the molecule is O=C(O)C1(c2cccc(OC3CCCSC3)c2)CCCC1. The maximum atomic E-state index is 11.8. The Hall–Kier alpha value is -1.16. The molecule has 0 spiro atoms. The highest BCUT2D eigenvalue weighted by atomic mass is 32.2. The van der Waals surface area contributed by atoms with Crippen molar-refractivity contribution in [3.05, 3.63) is 29.8 Å². The molecule has 21 heavy (non-hydrogen) atoms. The third-order valence-corrected chi connectivity index (χ3v) is 5.86. The molecule has 1 saturated heterocycles. The number of aliphatic carboxylic acids is 1. The van der Waals surface area contributed by atoms with Crippen LogP contribution in [-0.4, -0.2) is 28.7 Å². The third-order valence-electron chi connectivity index (χ3n) is 4.67. The molecule has 0 bridgehead atoms. The summed E-state index contributed by atoms with van der Waals surface area (Å²) in [6, 6.07) is 7.79. The summed E-state index contributed by atoms with van der Waals surface area (Å²) in [5.41, 5.74) is 0.217. The molecular weight excluding hydrogens is 284 g/mol. The van der Waals surface area contributed by atoms with Crippen molar-refractivity contribution in [3.63, 3.8) is 0 Å². The Labute approximate surface area is 130 Å². The molecule has 2 fully saturated rings. The van der Waals surface area contributed by atoms with Gasteiger partial charge in [0.1, 0.15) is 11.9 Å². The van der Waals surface area contributed by atoms with E-state index in [0.717, 1.165) is 49.2 Å². The van der Waals surface area contributed by atoms with Gasteiger partial charge in [-0.05, 0) is 49.1 Å². The van der Waals surface area contributed by atoms with E-state index in [-0.39, 0.29) is 6.10 Å². The molecular formula is C17H22O3S. The first-order valence-corrected chi connectivity index (χ1v) is 8.94. The van der Waals surface area contributed by atoms with Crippen LogP contribution in [0, 0.1) is 0 Å². The van der Waals surface area contributed by atoms with Crippen molar-refractivity contribution >= 4 is 17.7 Å². The smallest absolute Gasteiger partial charge is 0.314 e. The molecule has 1 aromatic rings. The van der Waals surface area contributed by atoms with Crippen LogP contribution in [0.1, 0.15) is 44.1 Å². The molecule has 1 aromatic carbocycles. The predicted molar refractivity (Wildman–Crippen MR) is 85.2 cm³/mol. The van der Waals surface area contributed by atoms with Crippen LogP contribution >= 0.6 is 11.8 Å². The van der Waals surface area contributed by atoms with Gasteiger partial charge in [-0.3, -0.25) is 4.79 Å². The van der Waals surface area contributed by atoms with Crippen molar-refractivity contribution in [2.24, 2.45) is 0 Å². The first-order chi connectivity index (χ1) is 10.2. The van der Waals surface area contributed by atoms with Gasteiger partial charge in [-0.1, -0.05) is 25.0 Å². The van der Waals surface area contributed by atoms with Crippen LogP contribution in [0.4, 0.5) is 0 Å². The van der Waals surface area contributed by atoms with Crippen LogP contribution in [0.25, 0.3) is 0 Å². The highest BCUT2D eigenvalue weighted by Crippen LogP contribution is 2.42. The van der Waals surface area contributed by atoms with E-state index in [1.807, 2.05) is 36.0 Å². The Morgan fingerprint density at radius 2 is 2.10 bits per heavy atom. The van der Waals surface area contributed by atoms with Gasteiger partial charge in [0.2, 0.25) is 0 Å². The van der Waals surface area contributed by atoms with Gasteiger partial charge in [0.25, 0.3) is 0 Å². The Morgan fingerprint density at radius 1 is 1.29 bits per heavy atom. The number of benzene rings is 1. The van der Waals surface area contributed by atoms with E-state index in [9.17, 15) is 9.90 Å². The van der Waals surface area contributed by atoms with Gasteiger partial charge in [-0.25, -0.2) is 0 Å². The van der Waals surface area contributed by atoms with Crippen LogP contribution in [-0.2, 0) is 10.2 Å². The lowest BCUT2D eigenvalue weighted by Crippen LogP contribution is -2.32. The molecule has 1 aliphatic carbocycles. The number of hydrogen-bond acceptors (Lipinski definition) is 3. The first-order valence-electron chi connectivity index (χ1n) is 7.79. The van der Waals surface area contributed by atoms with Crippen molar-refractivity contribution in [1.82, 2.24) is 0 Å². The van der Waals surface area contributed by atoms with Gasteiger partial charge in [0.05, 0.1) is 5.41 Å². The van der Waals surface area contributed by atoms with Crippen molar-refractivity contribution in [2.45, 2.75) is 50.0 Å². The monoisotopic (exact) mass is 306 g/mol. The maximum absolute atomic E-state index is 11.8. The fourth-order valence-corrected chi connectivity index (χ4v) is 4.50. The van der Waals surface area contributed by atoms with E-state index in [1.54, 1.807) is 0 Å². The van der Waals surface area contributed by atoms with Gasteiger partial charge < -0.3 is 9.84 Å². The van der Waals surface area contributed by atoms with Crippen LogP contribution < -0.4 is 4.74 Å². The minimum Gasteiger partial charge on any atom is -0.490 e. The number of thioether (sulfide) groups is 1. The lowest BCUT2D eigenvalue weighted by atomic mass is 9.79. The zero-order chi connectivity index (χ0) is 14.7. The molecule has 0 aromatic heterocycles. The van der Waals surface area contributed by atoms with Crippen molar-refractivity contribution in [1.29, 1.82) is 0 Å². The van der Waals surface area contributed by atoms with E-state index in [0.29, 0.717) is 0 Å². The van der Waals surface area contributed by atoms with Gasteiger partial charge in [0.15, 0.2) is 0 Å². The van der Waals surface area contributed by atoms with Crippen molar-refractivity contribution < 1.29 is 14.6 Å². The maximum Gasteiger partial charge on any atom is 0.314 e. The van der Waals surface area contributed by atoms with E-state index in [2.05, 4.69) is 0 Å². The van der Waals surface area contributed by atoms with Crippen molar-refractivity contribution in [2.75, 3.05) is 11.5 Å². The number of carboxylic acid groups (broad SMARTS) is 1. The molecule has 1 N–H and O–H groups in total. The standard InChI is InChI=1S/C17H22O3S/c18-16(19)17(8-1-2-9-17)13-5-3-6-14(11-13)20-15-7-4-10-21-12-15/h3,5-6,11,15H,1-2,4,7-10,12H2,(H,18,19). The molecule has 2 aliphatic rings. The average Bonchev–Trinajstić information content (AvgIpc) is 2.99. The zero-order valence-corrected chi connectivity index (χ0v) is 13.0. The summed E-state index contributed by atoms with van der Waals surface area (Å²) in [5, 5.41) is 9.69. The van der Waals surface area contributed by atoms with E-state index < -0.39 is 11.4 Å². The summed E-state index contributed by atoms with van der Waals surface area (Å²) in [6.07, 6.45) is 6.04. The van der Waals surface area contributed by atoms with Crippen LogP contribution in [0.5, 0.6) is 5.75 Å². The molecule has 1 saturated carbocycles. The normalized spacial score (nSPS) is 24.7. The molecule has 4 heteroatoms. The van der Waals surface area contributed by atoms with E-state index in [1.165, 1.54) is 12.2 Å².